The van der Waals surface area contributed by atoms with E-state index >= 15 is 0 Å². The van der Waals surface area contributed by atoms with E-state index in [1.54, 1.807) is 42.0 Å². The summed E-state index contributed by atoms with van der Waals surface area (Å²) in [6.45, 7) is 2.48. The number of hydrogen-bond donors (Lipinski definition) is 0. The highest BCUT2D eigenvalue weighted by atomic mass is 32.2. The van der Waals surface area contributed by atoms with Gasteiger partial charge in [0.2, 0.25) is 0 Å². The van der Waals surface area contributed by atoms with Crippen LogP contribution in [0.15, 0.2) is 47.4 Å². The average Bonchev–Trinajstić information content (AvgIpc) is 2.90. The van der Waals surface area contributed by atoms with Gasteiger partial charge in [-0.3, -0.25) is 9.59 Å². The van der Waals surface area contributed by atoms with E-state index in [2.05, 4.69) is 6.92 Å². The van der Waals surface area contributed by atoms with Crippen molar-refractivity contribution in [1.29, 1.82) is 0 Å². The van der Waals surface area contributed by atoms with Gasteiger partial charge in [-0.05, 0) is 36.2 Å². The highest BCUT2D eigenvalue weighted by molar-refractivity contribution is 8.00. The van der Waals surface area contributed by atoms with Crippen LogP contribution < -0.4 is 14.4 Å². The number of fused-ring (bicyclic) bond motifs is 1. The zero-order chi connectivity index (χ0) is 20.8. The predicted molar refractivity (Wildman–Crippen MR) is 113 cm³/mol. The summed E-state index contributed by atoms with van der Waals surface area (Å²) >= 11 is 1.76. The lowest BCUT2D eigenvalue weighted by Gasteiger charge is -2.22. The SMILES string of the molecule is COc1ccc(CC(=O)OCC(=O)N2CC[C@H](C)Sc3ccccc32)cc1OC. The first-order valence-electron chi connectivity index (χ1n) is 9.44. The Morgan fingerprint density at radius 2 is 1.86 bits per heavy atom. The first kappa shape index (κ1) is 21.0. The highest BCUT2D eigenvalue weighted by Gasteiger charge is 2.24. The molecule has 1 atom stereocenters. The number of thioether (sulfide) groups is 1. The van der Waals surface area contributed by atoms with E-state index < -0.39 is 5.97 Å². The molecule has 2 aromatic rings. The van der Waals surface area contributed by atoms with Crippen LogP contribution in [0.5, 0.6) is 11.5 Å². The lowest BCUT2D eigenvalue weighted by molar-refractivity contribution is -0.147. The van der Waals surface area contributed by atoms with Crippen LogP contribution in [0.4, 0.5) is 5.69 Å². The second kappa shape index (κ2) is 9.69. The minimum Gasteiger partial charge on any atom is -0.493 e. The van der Waals surface area contributed by atoms with Crippen LogP contribution in [0, 0.1) is 0 Å². The van der Waals surface area contributed by atoms with Gasteiger partial charge in [0.25, 0.3) is 5.91 Å². The van der Waals surface area contributed by atoms with Crippen LogP contribution in [0.2, 0.25) is 0 Å². The molecule has 0 N–H and O–H groups in total. The third kappa shape index (κ3) is 5.23. The maximum Gasteiger partial charge on any atom is 0.310 e. The van der Waals surface area contributed by atoms with Crippen LogP contribution >= 0.6 is 11.8 Å². The number of anilines is 1. The van der Waals surface area contributed by atoms with Crippen molar-refractivity contribution in [2.24, 2.45) is 0 Å². The summed E-state index contributed by atoms with van der Waals surface area (Å²) in [5, 5.41) is 0.418. The number of hydrogen-bond acceptors (Lipinski definition) is 6. The van der Waals surface area contributed by atoms with E-state index in [0.717, 1.165) is 22.6 Å². The van der Waals surface area contributed by atoms with Gasteiger partial charge in [-0.2, -0.15) is 0 Å². The summed E-state index contributed by atoms with van der Waals surface area (Å²) < 4.78 is 15.7. The Morgan fingerprint density at radius 3 is 2.62 bits per heavy atom. The quantitative estimate of drug-likeness (QED) is 0.670. The molecule has 0 spiro atoms. The van der Waals surface area contributed by atoms with Gasteiger partial charge in [-0.15, -0.1) is 11.8 Å². The van der Waals surface area contributed by atoms with Crippen molar-refractivity contribution in [3.63, 3.8) is 0 Å². The summed E-state index contributed by atoms with van der Waals surface area (Å²) in [5.41, 5.74) is 1.60. The second-order valence-corrected chi connectivity index (χ2v) is 8.24. The lowest BCUT2D eigenvalue weighted by Crippen LogP contribution is -2.36. The predicted octanol–water partition coefficient (Wildman–Crippen LogP) is 3.71. The van der Waals surface area contributed by atoms with Gasteiger partial charge in [0.1, 0.15) is 0 Å². The molecule has 0 saturated heterocycles. The fourth-order valence-corrected chi connectivity index (χ4v) is 4.29. The Bertz CT molecular complexity index is 885. The van der Waals surface area contributed by atoms with E-state index in [-0.39, 0.29) is 18.9 Å². The van der Waals surface area contributed by atoms with E-state index in [0.29, 0.717) is 23.3 Å². The topological polar surface area (TPSA) is 65.1 Å². The van der Waals surface area contributed by atoms with Crippen molar-refractivity contribution < 1.29 is 23.8 Å². The van der Waals surface area contributed by atoms with Gasteiger partial charge in [-0.1, -0.05) is 25.1 Å². The summed E-state index contributed by atoms with van der Waals surface area (Å²) in [5.74, 6) is 0.456. The molecule has 7 heteroatoms. The molecule has 0 bridgehead atoms. The van der Waals surface area contributed by atoms with Crippen molar-refractivity contribution >= 4 is 29.3 Å². The van der Waals surface area contributed by atoms with Crippen LogP contribution in [0.1, 0.15) is 18.9 Å². The minimum atomic E-state index is -0.462. The Hall–Kier alpha value is -2.67. The van der Waals surface area contributed by atoms with Gasteiger partial charge in [0.15, 0.2) is 18.1 Å². The fraction of sp³-hybridized carbons (Fsp3) is 0.364. The summed E-state index contributed by atoms with van der Waals surface area (Å²) in [6, 6.07) is 13.1. The molecule has 29 heavy (non-hydrogen) atoms. The maximum absolute atomic E-state index is 12.8. The molecule has 0 unspecified atom stereocenters. The molecule has 2 aromatic carbocycles. The molecule has 0 aliphatic carbocycles. The third-order valence-corrected chi connectivity index (χ3v) is 5.93. The zero-order valence-electron chi connectivity index (χ0n) is 16.8. The molecule has 1 heterocycles. The number of carbonyl (C=O) groups is 2. The van der Waals surface area contributed by atoms with Crippen molar-refractivity contribution in [2.45, 2.75) is 29.9 Å². The van der Waals surface area contributed by atoms with Crippen molar-refractivity contribution in [3.8, 4) is 11.5 Å². The molecule has 0 fully saturated rings. The Kier molecular flexibility index (Phi) is 7.04. The number of ether oxygens (including phenoxy) is 3. The van der Waals surface area contributed by atoms with E-state index in [1.807, 2.05) is 24.3 Å². The van der Waals surface area contributed by atoms with Gasteiger partial charge in [0.05, 0.1) is 26.3 Å². The number of carbonyl (C=O) groups excluding carboxylic acids is 2. The average molecular weight is 416 g/mol. The molecule has 1 amide bonds. The number of rotatable bonds is 6. The largest absolute Gasteiger partial charge is 0.493 e. The Morgan fingerprint density at radius 1 is 1.10 bits per heavy atom. The first-order chi connectivity index (χ1) is 14.0. The van der Waals surface area contributed by atoms with Crippen LogP contribution in [0.25, 0.3) is 0 Å². The third-order valence-electron chi connectivity index (χ3n) is 4.70. The van der Waals surface area contributed by atoms with Gasteiger partial charge in [0, 0.05) is 16.7 Å². The number of para-hydroxylation sites is 1. The number of esters is 1. The molecule has 1 aliphatic rings. The van der Waals surface area contributed by atoms with Crippen LogP contribution in [-0.2, 0) is 20.7 Å². The molecule has 154 valence electrons. The molecular weight excluding hydrogens is 390 g/mol. The van der Waals surface area contributed by atoms with Crippen LogP contribution in [0.3, 0.4) is 0 Å². The fourth-order valence-electron chi connectivity index (χ4n) is 3.17. The standard InChI is InChI=1S/C22H25NO5S/c1-15-10-11-23(17-6-4-5-7-20(17)29-15)21(24)14-28-22(25)13-16-8-9-18(26-2)19(12-16)27-3/h4-9,12,15H,10-11,13-14H2,1-3H3/t15-/m0/s1. The molecule has 3 rings (SSSR count). The number of amides is 1. The monoisotopic (exact) mass is 415 g/mol. The minimum absolute atomic E-state index is 0.0527. The van der Waals surface area contributed by atoms with Crippen molar-refractivity contribution in [3.05, 3.63) is 48.0 Å². The highest BCUT2D eigenvalue weighted by Crippen LogP contribution is 2.37. The van der Waals surface area contributed by atoms with Gasteiger partial charge in [-0.25, -0.2) is 0 Å². The first-order valence-corrected chi connectivity index (χ1v) is 10.3. The van der Waals surface area contributed by atoms with E-state index in [4.69, 9.17) is 14.2 Å². The maximum atomic E-state index is 12.8. The summed E-state index contributed by atoms with van der Waals surface area (Å²) in [6.07, 6.45) is 0.932. The number of nitrogens with zero attached hydrogens (tertiary/aromatic N) is 1. The molecule has 0 saturated carbocycles. The smallest absolute Gasteiger partial charge is 0.310 e. The summed E-state index contributed by atoms with van der Waals surface area (Å²) in [4.78, 5) is 27.8. The Balaban J connectivity index is 1.61. The summed E-state index contributed by atoms with van der Waals surface area (Å²) in [7, 11) is 3.09. The van der Waals surface area contributed by atoms with Gasteiger partial charge >= 0.3 is 5.97 Å². The van der Waals surface area contributed by atoms with Crippen molar-refractivity contribution in [2.75, 3.05) is 32.3 Å². The Labute approximate surface area is 175 Å². The van der Waals surface area contributed by atoms with E-state index in [1.165, 1.54) is 7.11 Å². The zero-order valence-corrected chi connectivity index (χ0v) is 17.7. The molecular formula is C22H25NO5S. The molecule has 0 radical (unpaired) electrons. The normalized spacial score (nSPS) is 15.8. The lowest BCUT2D eigenvalue weighted by atomic mass is 10.1. The van der Waals surface area contributed by atoms with Crippen molar-refractivity contribution in [1.82, 2.24) is 0 Å². The molecule has 6 nitrogen and oxygen atoms in total. The number of methoxy groups -OCH3 is 2. The second-order valence-electron chi connectivity index (χ2n) is 6.76. The number of benzene rings is 2. The van der Waals surface area contributed by atoms with Gasteiger partial charge < -0.3 is 19.1 Å². The van der Waals surface area contributed by atoms with E-state index in [9.17, 15) is 9.59 Å². The molecule has 0 aromatic heterocycles. The van der Waals surface area contributed by atoms with Crippen LogP contribution in [-0.4, -0.2) is 44.5 Å². The molecule has 1 aliphatic heterocycles.